The molecule has 0 saturated carbocycles. The van der Waals surface area contributed by atoms with Crippen LogP contribution in [0.15, 0.2) is 0 Å². The van der Waals surface area contributed by atoms with Gasteiger partial charge in [0, 0.05) is 14.2 Å². The standard InChI is InChI=1S/C5H12O4Si/c1-4-10(8-2,9-3)5(6)7/h4H2,1-3H3,(H,6,7). The van der Waals surface area contributed by atoms with Gasteiger partial charge in [0.25, 0.3) is 0 Å². The first kappa shape index (κ1) is 9.61. The highest BCUT2D eigenvalue weighted by Crippen LogP contribution is 2.11. The molecule has 0 aliphatic carbocycles. The lowest BCUT2D eigenvalue weighted by atomic mass is 11.0. The molecule has 5 heteroatoms. The van der Waals surface area contributed by atoms with Gasteiger partial charge in [0.05, 0.1) is 0 Å². The van der Waals surface area contributed by atoms with Crippen LogP contribution in [-0.4, -0.2) is 33.5 Å². The fourth-order valence-corrected chi connectivity index (χ4v) is 2.09. The van der Waals surface area contributed by atoms with Crippen molar-refractivity contribution in [2.45, 2.75) is 13.0 Å². The largest absolute Gasteiger partial charge is 0.481 e. The van der Waals surface area contributed by atoms with Gasteiger partial charge in [-0.2, -0.15) is 0 Å². The van der Waals surface area contributed by atoms with Gasteiger partial charge in [-0.25, -0.2) is 0 Å². The molecule has 0 rings (SSSR count). The lowest BCUT2D eigenvalue weighted by molar-refractivity contribution is 0.183. The van der Waals surface area contributed by atoms with Crippen molar-refractivity contribution in [3.63, 3.8) is 0 Å². The third-order valence-corrected chi connectivity index (χ3v) is 4.35. The van der Waals surface area contributed by atoms with E-state index in [1.165, 1.54) is 14.2 Å². The van der Waals surface area contributed by atoms with Gasteiger partial charge >= 0.3 is 14.2 Å². The normalized spacial score (nSPS) is 11.5. The van der Waals surface area contributed by atoms with E-state index in [0.717, 1.165) is 0 Å². The van der Waals surface area contributed by atoms with Crippen molar-refractivity contribution in [3.8, 4) is 0 Å². The molecular formula is C5H12O4Si. The highest BCUT2D eigenvalue weighted by Gasteiger charge is 2.43. The van der Waals surface area contributed by atoms with Gasteiger partial charge < -0.3 is 14.0 Å². The van der Waals surface area contributed by atoms with E-state index in [9.17, 15) is 4.79 Å². The summed E-state index contributed by atoms with van der Waals surface area (Å²) in [6.07, 6.45) is 0. The first-order valence-corrected chi connectivity index (χ1v) is 4.99. The van der Waals surface area contributed by atoms with Gasteiger partial charge in [-0.3, -0.25) is 4.79 Å². The third-order valence-electron chi connectivity index (χ3n) is 1.45. The molecule has 0 aromatic carbocycles. The van der Waals surface area contributed by atoms with Crippen LogP contribution < -0.4 is 0 Å². The molecule has 0 spiro atoms. The predicted octanol–water partition coefficient (Wildman–Crippen LogP) is 1.00. The smallest absolute Gasteiger partial charge is 0.461 e. The summed E-state index contributed by atoms with van der Waals surface area (Å²) >= 11 is 0. The highest BCUT2D eigenvalue weighted by molar-refractivity contribution is 6.95. The topological polar surface area (TPSA) is 55.8 Å². The Hall–Kier alpha value is -0.393. The molecule has 0 amide bonds. The van der Waals surface area contributed by atoms with E-state index in [1.807, 2.05) is 0 Å². The first-order chi connectivity index (χ1) is 4.63. The van der Waals surface area contributed by atoms with Gasteiger partial charge in [0.15, 0.2) is 0 Å². The van der Waals surface area contributed by atoms with E-state index in [4.69, 9.17) is 14.0 Å². The molecular weight excluding hydrogens is 152 g/mol. The molecule has 0 fully saturated rings. The van der Waals surface area contributed by atoms with Crippen LogP contribution in [0.2, 0.25) is 6.04 Å². The van der Waals surface area contributed by atoms with Crippen LogP contribution in [0.25, 0.3) is 0 Å². The number of rotatable bonds is 4. The molecule has 0 aromatic heterocycles. The molecule has 10 heavy (non-hydrogen) atoms. The first-order valence-electron chi connectivity index (χ1n) is 2.96. The third kappa shape index (κ3) is 1.56. The van der Waals surface area contributed by atoms with E-state index in [2.05, 4.69) is 0 Å². The van der Waals surface area contributed by atoms with E-state index >= 15 is 0 Å². The molecule has 0 unspecified atom stereocenters. The van der Waals surface area contributed by atoms with E-state index in [0.29, 0.717) is 6.04 Å². The van der Waals surface area contributed by atoms with Crippen LogP contribution in [-0.2, 0) is 8.85 Å². The molecule has 60 valence electrons. The van der Waals surface area contributed by atoms with Crippen molar-refractivity contribution >= 4 is 14.2 Å². The van der Waals surface area contributed by atoms with E-state index in [-0.39, 0.29) is 0 Å². The monoisotopic (exact) mass is 164 g/mol. The second kappa shape index (κ2) is 3.70. The minimum absolute atomic E-state index is 0.426. The van der Waals surface area contributed by atoms with Crippen LogP contribution in [0, 0.1) is 0 Å². The zero-order valence-corrected chi connectivity index (χ0v) is 7.38. The zero-order valence-electron chi connectivity index (χ0n) is 6.38. The van der Waals surface area contributed by atoms with E-state index < -0.39 is 14.2 Å². The minimum atomic E-state index is -2.88. The Morgan fingerprint density at radius 1 is 1.50 bits per heavy atom. The number of hydrogen-bond donors (Lipinski definition) is 1. The van der Waals surface area contributed by atoms with Crippen LogP contribution in [0.4, 0.5) is 4.79 Å². The van der Waals surface area contributed by atoms with Crippen molar-refractivity contribution in [1.82, 2.24) is 0 Å². The van der Waals surface area contributed by atoms with Crippen LogP contribution in [0.5, 0.6) is 0 Å². The average Bonchev–Trinajstić information content (AvgIpc) is 1.92. The van der Waals surface area contributed by atoms with Crippen molar-refractivity contribution in [2.75, 3.05) is 14.2 Å². The summed E-state index contributed by atoms with van der Waals surface area (Å²) in [6, 6.07) is 0.426. The molecule has 4 nitrogen and oxygen atoms in total. The Balaban J connectivity index is 4.31. The summed E-state index contributed by atoms with van der Waals surface area (Å²) in [4.78, 5) is 10.5. The second-order valence-corrected chi connectivity index (χ2v) is 5.28. The van der Waals surface area contributed by atoms with Crippen LogP contribution in [0.3, 0.4) is 0 Å². The number of hydrogen-bond acceptors (Lipinski definition) is 3. The number of carbonyl (C=O) groups is 1. The molecule has 1 N–H and O–H groups in total. The minimum Gasteiger partial charge on any atom is -0.481 e. The van der Waals surface area contributed by atoms with Crippen molar-refractivity contribution < 1.29 is 18.8 Å². The zero-order chi connectivity index (χ0) is 8.20. The van der Waals surface area contributed by atoms with Gasteiger partial charge in [-0.05, 0) is 6.04 Å². The molecule has 0 bridgehead atoms. The summed E-state index contributed by atoms with van der Waals surface area (Å²) in [7, 11) is -0.141. The van der Waals surface area contributed by atoms with Gasteiger partial charge in [-0.15, -0.1) is 0 Å². The molecule has 0 aliphatic rings. The summed E-state index contributed by atoms with van der Waals surface area (Å²) in [5, 5.41) is 8.64. The molecule has 0 aliphatic heterocycles. The summed E-state index contributed by atoms with van der Waals surface area (Å²) < 4.78 is 9.63. The maximum atomic E-state index is 10.5. The van der Waals surface area contributed by atoms with Crippen LogP contribution >= 0.6 is 0 Å². The Labute approximate surface area is 61.0 Å². The quantitative estimate of drug-likeness (QED) is 0.630. The van der Waals surface area contributed by atoms with Crippen LogP contribution in [0.1, 0.15) is 6.92 Å². The summed E-state index contributed by atoms with van der Waals surface area (Å²) in [6.45, 7) is 1.74. The molecule has 0 radical (unpaired) electrons. The Morgan fingerprint density at radius 2 is 1.90 bits per heavy atom. The average molecular weight is 164 g/mol. The lowest BCUT2D eigenvalue weighted by Gasteiger charge is -2.19. The maximum Gasteiger partial charge on any atom is 0.461 e. The van der Waals surface area contributed by atoms with Crippen molar-refractivity contribution in [1.29, 1.82) is 0 Å². The highest BCUT2D eigenvalue weighted by atomic mass is 28.4. The summed E-state index contributed by atoms with van der Waals surface area (Å²) in [5.74, 6) is 0. The Kier molecular flexibility index (Phi) is 3.55. The number of carboxylic acid groups (broad SMARTS) is 1. The summed E-state index contributed by atoms with van der Waals surface area (Å²) in [5.41, 5.74) is -0.958. The fourth-order valence-electron chi connectivity index (χ4n) is 0.698. The van der Waals surface area contributed by atoms with Crippen molar-refractivity contribution in [2.24, 2.45) is 0 Å². The second-order valence-electron chi connectivity index (χ2n) is 1.82. The Morgan fingerprint density at radius 3 is 1.90 bits per heavy atom. The van der Waals surface area contributed by atoms with Gasteiger partial charge in [-0.1, -0.05) is 6.92 Å². The maximum absolute atomic E-state index is 10.5. The molecule has 0 saturated heterocycles. The van der Waals surface area contributed by atoms with Gasteiger partial charge in [0.1, 0.15) is 0 Å². The predicted molar refractivity (Wildman–Crippen MR) is 38.3 cm³/mol. The van der Waals surface area contributed by atoms with Gasteiger partial charge in [0.2, 0.25) is 0 Å². The van der Waals surface area contributed by atoms with Crippen molar-refractivity contribution in [3.05, 3.63) is 0 Å². The van der Waals surface area contributed by atoms with E-state index in [1.54, 1.807) is 6.92 Å². The SMILES string of the molecule is CC[Si](OC)(OC)C(=O)O. The fraction of sp³-hybridized carbons (Fsp3) is 0.800. The molecule has 0 heterocycles. The lowest BCUT2D eigenvalue weighted by Crippen LogP contribution is -2.47. The molecule has 0 atom stereocenters. The molecule has 0 aromatic rings. The Bertz CT molecular complexity index is 113.